The molecule has 0 aliphatic rings. The molecule has 138 valence electrons. The van der Waals surface area contributed by atoms with Crippen LogP contribution in [-0.4, -0.2) is 30.3 Å². The number of likely N-dealkylation sites (N-methyl/N-ethyl adjacent to an activating group) is 1. The van der Waals surface area contributed by atoms with Gasteiger partial charge in [-0.25, -0.2) is 4.39 Å². The average molecular weight is 387 g/mol. The third-order valence-corrected chi connectivity index (χ3v) is 4.15. The Kier molecular flexibility index (Phi) is 5.57. The van der Waals surface area contributed by atoms with Crippen molar-refractivity contribution in [1.82, 2.24) is 4.90 Å². The number of para-hydroxylation sites is 1. The van der Waals surface area contributed by atoms with E-state index in [1.54, 1.807) is 42.5 Å². The third-order valence-electron chi connectivity index (χ3n) is 3.82. The first kappa shape index (κ1) is 18.7. The average Bonchev–Trinajstić information content (AvgIpc) is 3.13. The Bertz CT molecular complexity index is 969. The van der Waals surface area contributed by atoms with Crippen LogP contribution in [0, 0.1) is 5.82 Å². The van der Waals surface area contributed by atoms with Gasteiger partial charge in [0.25, 0.3) is 5.91 Å². The molecule has 1 heterocycles. The highest BCUT2D eigenvalue weighted by Gasteiger charge is 2.19. The van der Waals surface area contributed by atoms with Crippen molar-refractivity contribution in [1.29, 1.82) is 0 Å². The van der Waals surface area contributed by atoms with Crippen LogP contribution in [0.4, 0.5) is 10.1 Å². The second-order valence-electron chi connectivity index (χ2n) is 5.86. The highest BCUT2D eigenvalue weighted by Crippen LogP contribution is 2.23. The van der Waals surface area contributed by atoms with E-state index in [0.717, 1.165) is 0 Å². The second kappa shape index (κ2) is 8.05. The van der Waals surface area contributed by atoms with Gasteiger partial charge < -0.3 is 14.6 Å². The molecule has 0 unspecified atom stereocenters. The topological polar surface area (TPSA) is 62.6 Å². The lowest BCUT2D eigenvalue weighted by Gasteiger charge is -2.15. The van der Waals surface area contributed by atoms with Gasteiger partial charge in [0.1, 0.15) is 11.6 Å². The lowest BCUT2D eigenvalue weighted by atomic mass is 10.2. The molecule has 0 aliphatic carbocycles. The van der Waals surface area contributed by atoms with Crippen LogP contribution in [0.25, 0.3) is 11.3 Å². The van der Waals surface area contributed by atoms with Crippen molar-refractivity contribution < 1.29 is 18.4 Å². The molecule has 0 aliphatic heterocycles. The van der Waals surface area contributed by atoms with Crippen LogP contribution in [0.1, 0.15) is 10.6 Å². The van der Waals surface area contributed by atoms with Gasteiger partial charge in [0.05, 0.1) is 17.3 Å². The van der Waals surface area contributed by atoms with Crippen LogP contribution in [0.5, 0.6) is 0 Å². The van der Waals surface area contributed by atoms with Crippen molar-refractivity contribution >= 4 is 29.1 Å². The standard InChI is InChI=1S/C20H16ClFN2O3/c1-24(12-19(25)23-16-5-3-2-4-15(16)21)20(26)18-11-10-17(27-18)13-6-8-14(22)9-7-13/h2-11H,12H2,1H3,(H,23,25). The lowest BCUT2D eigenvalue weighted by molar-refractivity contribution is -0.116. The molecule has 0 fully saturated rings. The molecule has 0 radical (unpaired) electrons. The van der Waals surface area contributed by atoms with Crippen molar-refractivity contribution in [3.63, 3.8) is 0 Å². The predicted molar refractivity (Wildman–Crippen MR) is 101 cm³/mol. The first-order valence-corrected chi connectivity index (χ1v) is 8.47. The summed E-state index contributed by atoms with van der Waals surface area (Å²) in [6, 6.07) is 15.7. The third kappa shape index (κ3) is 4.54. The minimum Gasteiger partial charge on any atom is -0.451 e. The first-order chi connectivity index (χ1) is 12.9. The van der Waals surface area contributed by atoms with Crippen LogP contribution in [0.3, 0.4) is 0 Å². The highest BCUT2D eigenvalue weighted by molar-refractivity contribution is 6.33. The van der Waals surface area contributed by atoms with E-state index in [2.05, 4.69) is 5.32 Å². The van der Waals surface area contributed by atoms with E-state index in [4.69, 9.17) is 16.0 Å². The Morgan fingerprint density at radius 3 is 2.48 bits per heavy atom. The van der Waals surface area contributed by atoms with Gasteiger partial charge >= 0.3 is 0 Å². The molecule has 3 aromatic rings. The van der Waals surface area contributed by atoms with Crippen molar-refractivity contribution in [2.75, 3.05) is 18.9 Å². The highest BCUT2D eigenvalue weighted by atomic mass is 35.5. The van der Waals surface area contributed by atoms with E-state index in [0.29, 0.717) is 22.0 Å². The summed E-state index contributed by atoms with van der Waals surface area (Å²) >= 11 is 6.00. The van der Waals surface area contributed by atoms with E-state index >= 15 is 0 Å². The molecule has 27 heavy (non-hydrogen) atoms. The molecule has 0 bridgehead atoms. The summed E-state index contributed by atoms with van der Waals surface area (Å²) in [5, 5.41) is 3.06. The molecular formula is C20H16ClFN2O3. The summed E-state index contributed by atoms with van der Waals surface area (Å²) in [5.74, 6) is -0.664. The van der Waals surface area contributed by atoms with E-state index in [1.807, 2.05) is 0 Å². The summed E-state index contributed by atoms with van der Waals surface area (Å²) in [7, 11) is 1.49. The van der Waals surface area contributed by atoms with Crippen molar-refractivity contribution in [2.24, 2.45) is 0 Å². The smallest absolute Gasteiger partial charge is 0.289 e. The normalized spacial score (nSPS) is 10.5. The fraction of sp³-hybridized carbons (Fsp3) is 0.100. The molecule has 0 spiro atoms. The largest absolute Gasteiger partial charge is 0.451 e. The number of amides is 2. The fourth-order valence-electron chi connectivity index (χ4n) is 2.45. The summed E-state index contributed by atoms with van der Waals surface area (Å²) in [6.45, 7) is -0.170. The molecule has 1 N–H and O–H groups in total. The Hall–Kier alpha value is -3.12. The summed E-state index contributed by atoms with van der Waals surface area (Å²) in [4.78, 5) is 25.8. The minimum atomic E-state index is -0.447. The van der Waals surface area contributed by atoms with Crippen molar-refractivity contribution in [3.8, 4) is 11.3 Å². The van der Waals surface area contributed by atoms with E-state index in [9.17, 15) is 14.0 Å². The number of nitrogens with one attached hydrogen (secondary N) is 1. The maximum atomic E-state index is 13.0. The Balaban J connectivity index is 1.64. The van der Waals surface area contributed by atoms with E-state index < -0.39 is 5.91 Å². The zero-order valence-corrected chi connectivity index (χ0v) is 15.2. The van der Waals surface area contributed by atoms with Crippen LogP contribution in [0.2, 0.25) is 5.02 Å². The Labute approximate surface area is 160 Å². The fourth-order valence-corrected chi connectivity index (χ4v) is 2.63. The minimum absolute atomic E-state index is 0.0855. The predicted octanol–water partition coefficient (Wildman–Crippen LogP) is 4.45. The lowest BCUT2D eigenvalue weighted by Crippen LogP contribution is -2.34. The number of benzene rings is 2. The second-order valence-corrected chi connectivity index (χ2v) is 6.27. The molecule has 0 atom stereocenters. The molecule has 0 saturated carbocycles. The van der Waals surface area contributed by atoms with Crippen LogP contribution >= 0.6 is 11.6 Å². The SMILES string of the molecule is CN(CC(=O)Nc1ccccc1Cl)C(=O)c1ccc(-c2ccc(F)cc2)o1. The number of hydrogen-bond acceptors (Lipinski definition) is 3. The number of halogens is 2. The number of carbonyl (C=O) groups excluding carboxylic acids is 2. The number of carbonyl (C=O) groups is 2. The zero-order chi connectivity index (χ0) is 19.4. The molecule has 5 nitrogen and oxygen atoms in total. The monoisotopic (exact) mass is 386 g/mol. The first-order valence-electron chi connectivity index (χ1n) is 8.09. The van der Waals surface area contributed by atoms with Gasteiger partial charge in [-0.1, -0.05) is 23.7 Å². The molecular weight excluding hydrogens is 371 g/mol. The maximum absolute atomic E-state index is 13.0. The Morgan fingerprint density at radius 1 is 1.07 bits per heavy atom. The van der Waals surface area contributed by atoms with Gasteiger partial charge in [-0.15, -0.1) is 0 Å². The van der Waals surface area contributed by atoms with Crippen LogP contribution in [0.15, 0.2) is 65.1 Å². The zero-order valence-electron chi connectivity index (χ0n) is 14.4. The summed E-state index contributed by atoms with van der Waals surface area (Å²) < 4.78 is 18.6. The van der Waals surface area contributed by atoms with Crippen LogP contribution < -0.4 is 5.32 Å². The van der Waals surface area contributed by atoms with E-state index in [1.165, 1.54) is 30.1 Å². The molecule has 0 saturated heterocycles. The van der Waals surface area contributed by atoms with Gasteiger partial charge in [0.2, 0.25) is 5.91 Å². The number of hydrogen-bond donors (Lipinski definition) is 1. The molecule has 2 amide bonds. The number of rotatable bonds is 5. The summed E-state index contributed by atoms with van der Waals surface area (Å²) in [6.07, 6.45) is 0. The van der Waals surface area contributed by atoms with Crippen molar-refractivity contribution in [2.45, 2.75) is 0 Å². The molecule has 2 aromatic carbocycles. The molecule has 7 heteroatoms. The van der Waals surface area contributed by atoms with Crippen LogP contribution in [-0.2, 0) is 4.79 Å². The van der Waals surface area contributed by atoms with Gasteiger partial charge in [-0.3, -0.25) is 9.59 Å². The van der Waals surface area contributed by atoms with Crippen molar-refractivity contribution in [3.05, 3.63) is 77.3 Å². The number of furan rings is 1. The van der Waals surface area contributed by atoms with Gasteiger partial charge in [0.15, 0.2) is 5.76 Å². The number of nitrogens with zero attached hydrogens (tertiary/aromatic N) is 1. The molecule has 3 rings (SSSR count). The maximum Gasteiger partial charge on any atom is 0.289 e. The quantitative estimate of drug-likeness (QED) is 0.704. The van der Waals surface area contributed by atoms with Gasteiger partial charge in [-0.2, -0.15) is 0 Å². The van der Waals surface area contributed by atoms with Gasteiger partial charge in [0, 0.05) is 12.6 Å². The summed E-state index contributed by atoms with van der Waals surface area (Å²) in [5.41, 5.74) is 1.12. The molecule has 1 aromatic heterocycles. The Morgan fingerprint density at radius 2 is 1.78 bits per heavy atom. The van der Waals surface area contributed by atoms with Gasteiger partial charge in [-0.05, 0) is 48.5 Å². The van der Waals surface area contributed by atoms with E-state index in [-0.39, 0.29) is 24.0 Å². The number of anilines is 1.